The highest BCUT2D eigenvalue weighted by Gasteiger charge is 2.12. The fourth-order valence-corrected chi connectivity index (χ4v) is 2.03. The van der Waals surface area contributed by atoms with Gasteiger partial charge < -0.3 is 11.1 Å². The highest BCUT2D eigenvalue weighted by atomic mass is 79.9. The number of nitrogens with two attached hydrogens (primary N) is 1. The summed E-state index contributed by atoms with van der Waals surface area (Å²) in [7, 11) is 0. The third kappa shape index (κ3) is 3.00. The van der Waals surface area contributed by atoms with Crippen LogP contribution < -0.4 is 11.1 Å². The quantitative estimate of drug-likeness (QED) is 0.667. The Bertz CT molecular complexity index is 646. The fourth-order valence-electron chi connectivity index (χ4n) is 1.57. The zero-order valence-electron chi connectivity index (χ0n) is 10.1. The molecule has 3 N–H and O–H groups in total. The van der Waals surface area contributed by atoms with Crippen molar-refractivity contribution in [2.75, 3.05) is 11.1 Å². The van der Waals surface area contributed by atoms with E-state index in [1.807, 2.05) is 0 Å². The van der Waals surface area contributed by atoms with Crippen molar-refractivity contribution >= 4 is 38.8 Å². The predicted molar refractivity (Wildman–Crippen MR) is 77.5 cm³/mol. The topological polar surface area (TPSA) is 94.1 Å². The zero-order chi connectivity index (χ0) is 14.0. The first kappa shape index (κ1) is 13.3. The number of nitro groups is 1. The minimum Gasteiger partial charge on any atom is -0.397 e. The second kappa shape index (κ2) is 5.23. The summed E-state index contributed by atoms with van der Waals surface area (Å²) in [6.07, 6.45) is 1.51. The molecule has 7 heteroatoms. The minimum absolute atomic E-state index is 0.0663. The molecule has 2 aromatic rings. The normalized spacial score (nSPS) is 10.2. The first-order chi connectivity index (χ1) is 8.97. The van der Waals surface area contributed by atoms with E-state index in [9.17, 15) is 10.1 Å². The summed E-state index contributed by atoms with van der Waals surface area (Å²) in [5.74, 6) is 0.548. The maximum absolute atomic E-state index is 10.9. The van der Waals surface area contributed by atoms with Gasteiger partial charge in [0.1, 0.15) is 5.82 Å². The molecule has 0 saturated carbocycles. The number of rotatable bonds is 3. The first-order valence-corrected chi connectivity index (χ1v) is 6.20. The number of nitrogens with one attached hydrogen (secondary N) is 1. The van der Waals surface area contributed by atoms with E-state index >= 15 is 0 Å². The molecule has 0 bridgehead atoms. The molecule has 0 aliphatic carbocycles. The van der Waals surface area contributed by atoms with E-state index in [1.165, 1.54) is 12.3 Å². The number of nitro benzene ring substituents is 1. The smallest absolute Gasteiger partial charge is 0.274 e. The Morgan fingerprint density at radius 3 is 2.79 bits per heavy atom. The Labute approximate surface area is 117 Å². The van der Waals surface area contributed by atoms with Crippen molar-refractivity contribution in [3.8, 4) is 0 Å². The highest BCUT2D eigenvalue weighted by Crippen LogP contribution is 2.28. The van der Waals surface area contributed by atoms with Crippen molar-refractivity contribution in [2.24, 2.45) is 0 Å². The second-order valence-electron chi connectivity index (χ2n) is 3.98. The Hall–Kier alpha value is -2.15. The second-order valence-corrected chi connectivity index (χ2v) is 4.84. The van der Waals surface area contributed by atoms with Gasteiger partial charge in [-0.05, 0) is 35.0 Å². The Morgan fingerprint density at radius 1 is 1.42 bits per heavy atom. The third-order valence-electron chi connectivity index (χ3n) is 2.53. The van der Waals surface area contributed by atoms with Crippen LogP contribution in [0.4, 0.5) is 22.9 Å². The number of aryl methyl sites for hydroxylation is 1. The van der Waals surface area contributed by atoms with Gasteiger partial charge in [0.05, 0.1) is 21.3 Å². The number of pyridine rings is 1. The number of aromatic nitrogens is 1. The molecule has 0 fully saturated rings. The molecule has 0 amide bonds. The number of hydrogen-bond acceptors (Lipinski definition) is 5. The molecule has 2 rings (SSSR count). The lowest BCUT2D eigenvalue weighted by Crippen LogP contribution is -1.98. The van der Waals surface area contributed by atoms with Crippen LogP contribution in [0.15, 0.2) is 34.9 Å². The summed E-state index contributed by atoms with van der Waals surface area (Å²) in [5, 5.41) is 13.9. The van der Waals surface area contributed by atoms with Crippen LogP contribution in [-0.2, 0) is 0 Å². The van der Waals surface area contributed by atoms with Crippen molar-refractivity contribution in [1.29, 1.82) is 0 Å². The fraction of sp³-hybridized carbons (Fsp3) is 0.0833. The van der Waals surface area contributed by atoms with Crippen LogP contribution in [0.1, 0.15) is 5.56 Å². The van der Waals surface area contributed by atoms with Gasteiger partial charge in [0.15, 0.2) is 0 Å². The Kier molecular flexibility index (Phi) is 3.66. The molecule has 1 aromatic heterocycles. The van der Waals surface area contributed by atoms with Gasteiger partial charge in [-0.1, -0.05) is 6.07 Å². The summed E-state index contributed by atoms with van der Waals surface area (Å²) in [4.78, 5) is 14.6. The van der Waals surface area contributed by atoms with Gasteiger partial charge in [0.25, 0.3) is 5.69 Å². The molecule has 0 atom stereocenters. The van der Waals surface area contributed by atoms with Gasteiger partial charge >= 0.3 is 0 Å². The molecule has 1 heterocycles. The van der Waals surface area contributed by atoms with Crippen molar-refractivity contribution in [3.05, 3.63) is 50.6 Å². The Balaban J connectivity index is 2.33. The number of anilines is 3. The van der Waals surface area contributed by atoms with Crippen LogP contribution in [0.25, 0.3) is 0 Å². The molecule has 0 aliphatic rings. The van der Waals surface area contributed by atoms with Crippen molar-refractivity contribution in [3.63, 3.8) is 0 Å². The lowest BCUT2D eigenvalue weighted by molar-refractivity contribution is -0.385. The minimum atomic E-state index is -0.411. The lowest BCUT2D eigenvalue weighted by atomic mass is 10.2. The first-order valence-electron chi connectivity index (χ1n) is 5.40. The Morgan fingerprint density at radius 2 is 2.16 bits per heavy atom. The predicted octanol–water partition coefficient (Wildman–Crippen LogP) is 3.39. The molecule has 6 nitrogen and oxygen atoms in total. The van der Waals surface area contributed by atoms with Gasteiger partial charge in [-0.15, -0.1) is 0 Å². The van der Waals surface area contributed by atoms with E-state index in [1.54, 1.807) is 25.1 Å². The van der Waals surface area contributed by atoms with Crippen LogP contribution in [-0.4, -0.2) is 9.91 Å². The molecule has 19 heavy (non-hydrogen) atoms. The van der Waals surface area contributed by atoms with Gasteiger partial charge in [-0.25, -0.2) is 4.98 Å². The number of nitrogen functional groups attached to an aromatic ring is 1. The van der Waals surface area contributed by atoms with E-state index < -0.39 is 4.92 Å². The summed E-state index contributed by atoms with van der Waals surface area (Å²) in [6, 6.07) is 6.62. The van der Waals surface area contributed by atoms with Gasteiger partial charge in [-0.3, -0.25) is 10.1 Å². The molecule has 1 aromatic carbocycles. The highest BCUT2D eigenvalue weighted by molar-refractivity contribution is 9.10. The lowest BCUT2D eigenvalue weighted by Gasteiger charge is -2.08. The number of nitrogens with zero attached hydrogens (tertiary/aromatic N) is 2. The average Bonchev–Trinajstić information content (AvgIpc) is 2.34. The summed E-state index contributed by atoms with van der Waals surface area (Å²) in [6.45, 7) is 1.69. The molecule has 0 aliphatic heterocycles. The summed E-state index contributed by atoms with van der Waals surface area (Å²) < 4.78 is 0.690. The number of hydrogen-bond donors (Lipinski definition) is 2. The SMILES string of the molecule is Cc1ccc(Nc2ncc(N)cc2Br)cc1[N+](=O)[O-]. The molecule has 0 saturated heterocycles. The summed E-state index contributed by atoms with van der Waals surface area (Å²) in [5.41, 5.74) is 7.40. The van der Waals surface area contributed by atoms with E-state index in [4.69, 9.17) is 5.73 Å². The zero-order valence-corrected chi connectivity index (χ0v) is 11.6. The molecule has 0 radical (unpaired) electrons. The van der Waals surface area contributed by atoms with E-state index in [-0.39, 0.29) is 5.69 Å². The maximum atomic E-state index is 10.9. The molecule has 0 unspecified atom stereocenters. The molecule has 98 valence electrons. The molecule has 0 spiro atoms. The van der Waals surface area contributed by atoms with E-state index in [0.29, 0.717) is 27.2 Å². The van der Waals surface area contributed by atoms with E-state index in [0.717, 1.165) is 0 Å². The monoisotopic (exact) mass is 322 g/mol. The molecular weight excluding hydrogens is 312 g/mol. The van der Waals surface area contributed by atoms with Crippen LogP contribution in [0, 0.1) is 17.0 Å². The van der Waals surface area contributed by atoms with Gasteiger partial charge in [0, 0.05) is 17.3 Å². The standard InChI is InChI=1S/C12H11BrN4O2/c1-7-2-3-9(5-11(7)17(18)19)16-12-10(13)4-8(14)6-15-12/h2-6H,14H2,1H3,(H,15,16). The maximum Gasteiger partial charge on any atom is 0.274 e. The largest absolute Gasteiger partial charge is 0.397 e. The number of halogens is 1. The van der Waals surface area contributed by atoms with Crippen molar-refractivity contribution in [2.45, 2.75) is 6.92 Å². The van der Waals surface area contributed by atoms with Crippen LogP contribution in [0.3, 0.4) is 0 Å². The van der Waals surface area contributed by atoms with Crippen LogP contribution in [0.5, 0.6) is 0 Å². The van der Waals surface area contributed by atoms with Gasteiger partial charge in [-0.2, -0.15) is 0 Å². The third-order valence-corrected chi connectivity index (χ3v) is 3.14. The van der Waals surface area contributed by atoms with Crippen LogP contribution in [0.2, 0.25) is 0 Å². The molecular formula is C12H11BrN4O2. The van der Waals surface area contributed by atoms with Crippen molar-refractivity contribution < 1.29 is 4.92 Å². The van der Waals surface area contributed by atoms with Crippen LogP contribution >= 0.6 is 15.9 Å². The van der Waals surface area contributed by atoms with E-state index in [2.05, 4.69) is 26.2 Å². The summed E-state index contributed by atoms with van der Waals surface area (Å²) >= 11 is 3.33. The van der Waals surface area contributed by atoms with Crippen molar-refractivity contribution in [1.82, 2.24) is 4.98 Å². The number of benzene rings is 1. The average molecular weight is 323 g/mol. The van der Waals surface area contributed by atoms with Gasteiger partial charge in [0.2, 0.25) is 0 Å².